The third-order valence-electron chi connectivity index (χ3n) is 5.44. The molecule has 0 spiro atoms. The summed E-state index contributed by atoms with van der Waals surface area (Å²) in [6.07, 6.45) is 4.30. The quantitative estimate of drug-likeness (QED) is 0.321. The van der Waals surface area contributed by atoms with E-state index in [9.17, 15) is 9.59 Å². The van der Waals surface area contributed by atoms with Gasteiger partial charge in [-0.1, -0.05) is 66.1 Å². The van der Waals surface area contributed by atoms with Gasteiger partial charge in [-0.15, -0.1) is 0 Å². The first-order valence-corrected chi connectivity index (χ1v) is 11.2. The summed E-state index contributed by atoms with van der Waals surface area (Å²) in [5.41, 5.74) is 3.59. The van der Waals surface area contributed by atoms with Gasteiger partial charge in [0, 0.05) is 33.1 Å². The number of halogens is 1. The molecule has 0 aliphatic heterocycles. The van der Waals surface area contributed by atoms with Crippen molar-refractivity contribution in [2.45, 2.75) is 33.1 Å². The third-order valence-corrected chi connectivity index (χ3v) is 6.10. The van der Waals surface area contributed by atoms with Gasteiger partial charge in [-0.2, -0.15) is 0 Å². The fourth-order valence-electron chi connectivity index (χ4n) is 3.90. The highest BCUT2D eigenvalue weighted by Crippen LogP contribution is 2.38. The number of rotatable bonds is 4. The first-order valence-electron chi connectivity index (χ1n) is 10.4. The van der Waals surface area contributed by atoms with Crippen molar-refractivity contribution in [3.63, 3.8) is 0 Å². The normalized spacial score (nSPS) is 12.0. The van der Waals surface area contributed by atoms with E-state index in [2.05, 4.69) is 21.1 Å². The Bertz CT molecular complexity index is 1400. The first kappa shape index (κ1) is 22.7. The zero-order chi connectivity index (χ0) is 23.9. The molecule has 0 radical (unpaired) electrons. The zero-order valence-electron chi connectivity index (χ0n) is 18.7. The minimum atomic E-state index is -1.03. The highest BCUT2D eigenvalue weighted by atomic mass is 79.9. The number of carbonyl (C=O) groups excluding carboxylic acids is 1. The lowest BCUT2D eigenvalue weighted by Crippen LogP contribution is -2.19. The molecule has 0 amide bonds. The lowest BCUT2D eigenvalue weighted by atomic mass is 9.88. The van der Waals surface area contributed by atoms with Crippen LogP contribution in [0.3, 0.4) is 0 Å². The second-order valence-corrected chi connectivity index (χ2v) is 9.71. The maximum atomic E-state index is 14.0. The van der Waals surface area contributed by atoms with Crippen LogP contribution < -0.4 is 0 Å². The van der Waals surface area contributed by atoms with E-state index in [-0.39, 0.29) is 5.91 Å². The van der Waals surface area contributed by atoms with Gasteiger partial charge in [0.05, 0.1) is 5.52 Å². The Morgan fingerprint density at radius 1 is 1.12 bits per heavy atom. The minimum Gasteiger partial charge on any atom is -0.478 e. The summed E-state index contributed by atoms with van der Waals surface area (Å²) in [6, 6.07) is 13.1. The van der Waals surface area contributed by atoms with Crippen molar-refractivity contribution in [3.05, 3.63) is 81.7 Å². The highest BCUT2D eigenvalue weighted by molar-refractivity contribution is 9.10. The van der Waals surface area contributed by atoms with Gasteiger partial charge in [-0.05, 0) is 42.3 Å². The van der Waals surface area contributed by atoms with Crippen LogP contribution in [-0.2, 0) is 10.2 Å². The third kappa shape index (κ3) is 4.16. The van der Waals surface area contributed by atoms with Crippen molar-refractivity contribution in [1.82, 2.24) is 9.72 Å². The Balaban J connectivity index is 1.94. The summed E-state index contributed by atoms with van der Waals surface area (Å²) >= 11 is 3.60. The highest BCUT2D eigenvalue weighted by Gasteiger charge is 2.33. The lowest BCUT2D eigenvalue weighted by molar-refractivity contribution is -0.131. The topological polar surface area (TPSA) is 85.3 Å². The van der Waals surface area contributed by atoms with Crippen LogP contribution in [0.25, 0.3) is 28.2 Å². The molecule has 7 heteroatoms. The molecule has 168 valence electrons. The molecule has 0 saturated heterocycles. The SMILES string of the molecule is Cc1cccc(Br)c1-c1noc(C(C)(C)C)c1C(=O)n1ccc2c(/C=C/C(=O)O)cccc21. The lowest BCUT2D eigenvalue weighted by Gasteiger charge is -2.17. The Kier molecular flexibility index (Phi) is 5.84. The maximum absolute atomic E-state index is 14.0. The second kappa shape index (κ2) is 8.48. The summed E-state index contributed by atoms with van der Waals surface area (Å²) < 4.78 is 8.15. The molecule has 0 atom stereocenters. The molecule has 2 heterocycles. The predicted octanol–water partition coefficient (Wildman–Crippen LogP) is 6.45. The van der Waals surface area contributed by atoms with Crippen LogP contribution in [0, 0.1) is 6.92 Å². The Morgan fingerprint density at radius 3 is 2.52 bits per heavy atom. The molecule has 4 aromatic rings. The molecule has 6 nitrogen and oxygen atoms in total. The molecular formula is C26H23BrN2O4. The maximum Gasteiger partial charge on any atom is 0.328 e. The molecule has 0 unspecified atom stereocenters. The largest absolute Gasteiger partial charge is 0.478 e. The monoisotopic (exact) mass is 506 g/mol. The zero-order valence-corrected chi connectivity index (χ0v) is 20.3. The van der Waals surface area contributed by atoms with Crippen molar-refractivity contribution in [1.29, 1.82) is 0 Å². The number of aromatic nitrogens is 2. The number of fused-ring (bicyclic) bond motifs is 1. The van der Waals surface area contributed by atoms with E-state index in [1.807, 2.05) is 64.1 Å². The number of benzene rings is 2. The van der Waals surface area contributed by atoms with E-state index in [4.69, 9.17) is 9.63 Å². The number of carboxylic acid groups (broad SMARTS) is 1. The summed E-state index contributed by atoms with van der Waals surface area (Å²) in [5.74, 6) is -0.794. The van der Waals surface area contributed by atoms with E-state index in [1.165, 1.54) is 6.08 Å². The van der Waals surface area contributed by atoms with Crippen LogP contribution in [0.4, 0.5) is 0 Å². The van der Waals surface area contributed by atoms with Gasteiger partial charge < -0.3 is 9.63 Å². The number of carboxylic acids is 1. The fourth-order valence-corrected chi connectivity index (χ4v) is 4.55. The molecule has 0 fully saturated rings. The first-order chi connectivity index (χ1) is 15.6. The van der Waals surface area contributed by atoms with Gasteiger partial charge in [0.25, 0.3) is 5.91 Å². The van der Waals surface area contributed by atoms with Gasteiger partial charge in [-0.25, -0.2) is 4.79 Å². The summed E-state index contributed by atoms with van der Waals surface area (Å²) in [4.78, 5) is 24.9. The molecule has 1 N–H and O–H groups in total. The summed E-state index contributed by atoms with van der Waals surface area (Å²) in [6.45, 7) is 7.89. The van der Waals surface area contributed by atoms with Crippen LogP contribution in [0.2, 0.25) is 0 Å². The van der Waals surface area contributed by atoms with Gasteiger partial charge in [0.15, 0.2) is 5.76 Å². The van der Waals surface area contributed by atoms with E-state index in [0.717, 1.165) is 27.1 Å². The van der Waals surface area contributed by atoms with Crippen molar-refractivity contribution < 1.29 is 19.2 Å². The van der Waals surface area contributed by atoms with Crippen molar-refractivity contribution in [3.8, 4) is 11.3 Å². The summed E-state index contributed by atoms with van der Waals surface area (Å²) in [7, 11) is 0. The molecule has 0 saturated carbocycles. The van der Waals surface area contributed by atoms with Crippen molar-refractivity contribution >= 4 is 44.8 Å². The van der Waals surface area contributed by atoms with E-state index in [0.29, 0.717) is 28.1 Å². The molecule has 2 aromatic carbocycles. The Labute approximate surface area is 199 Å². The molecule has 0 aliphatic rings. The van der Waals surface area contributed by atoms with Gasteiger partial charge in [0.2, 0.25) is 0 Å². The number of carbonyl (C=O) groups is 2. The number of hydrogen-bond donors (Lipinski definition) is 1. The van der Waals surface area contributed by atoms with Gasteiger partial charge in [-0.3, -0.25) is 9.36 Å². The van der Waals surface area contributed by atoms with Gasteiger partial charge in [0.1, 0.15) is 11.3 Å². The molecule has 4 rings (SSSR count). The van der Waals surface area contributed by atoms with Crippen molar-refractivity contribution in [2.24, 2.45) is 0 Å². The number of nitrogens with zero attached hydrogens (tertiary/aromatic N) is 2. The Hall–Kier alpha value is -3.45. The number of hydrogen-bond acceptors (Lipinski definition) is 4. The molecule has 0 aliphatic carbocycles. The molecular weight excluding hydrogens is 484 g/mol. The van der Waals surface area contributed by atoms with E-state index < -0.39 is 11.4 Å². The Morgan fingerprint density at radius 2 is 1.85 bits per heavy atom. The summed E-state index contributed by atoms with van der Waals surface area (Å²) in [5, 5.41) is 14.1. The predicted molar refractivity (Wildman–Crippen MR) is 131 cm³/mol. The van der Waals surface area contributed by atoms with Gasteiger partial charge >= 0.3 is 5.97 Å². The number of aliphatic carboxylic acids is 1. The molecule has 2 aromatic heterocycles. The second-order valence-electron chi connectivity index (χ2n) is 8.86. The number of aryl methyl sites for hydroxylation is 1. The minimum absolute atomic E-state index is 0.263. The smallest absolute Gasteiger partial charge is 0.328 e. The average molecular weight is 507 g/mol. The van der Waals surface area contributed by atoms with Crippen molar-refractivity contribution in [2.75, 3.05) is 0 Å². The standard InChI is InChI=1S/C26H23BrN2O4/c1-15-7-5-9-18(27)21(15)23-22(24(33-28-23)26(2,3)4)25(32)29-14-13-17-16(11-12-20(30)31)8-6-10-19(17)29/h5-14H,1-4H3,(H,30,31)/b12-11+. The average Bonchev–Trinajstić information content (AvgIpc) is 3.36. The van der Waals surface area contributed by atoms with Crippen LogP contribution in [0.1, 0.15) is 48.0 Å². The van der Waals surface area contributed by atoms with E-state index >= 15 is 0 Å². The fraction of sp³-hybridized carbons (Fsp3) is 0.192. The molecule has 0 bridgehead atoms. The van der Waals surface area contributed by atoms with Crippen LogP contribution in [0.15, 0.2) is 63.7 Å². The van der Waals surface area contributed by atoms with Crippen LogP contribution >= 0.6 is 15.9 Å². The van der Waals surface area contributed by atoms with Crippen LogP contribution in [0.5, 0.6) is 0 Å². The molecule has 33 heavy (non-hydrogen) atoms. The van der Waals surface area contributed by atoms with Crippen LogP contribution in [-0.4, -0.2) is 26.7 Å². The van der Waals surface area contributed by atoms with E-state index in [1.54, 1.807) is 16.8 Å².